The first kappa shape index (κ1) is 9.26. The number of hydrogen-bond donors (Lipinski definition) is 1. The summed E-state index contributed by atoms with van der Waals surface area (Å²) in [5, 5.41) is 9.44. The molecule has 0 aromatic carbocycles. The summed E-state index contributed by atoms with van der Waals surface area (Å²) in [6, 6.07) is 0. The van der Waals surface area contributed by atoms with Crippen molar-refractivity contribution in [3.05, 3.63) is 11.6 Å². The quantitative estimate of drug-likeness (QED) is 0.497. The van der Waals surface area contributed by atoms with E-state index in [1.165, 1.54) is 7.11 Å². The Hall–Kier alpha value is -0.830. The largest absolute Gasteiger partial charge is 0.469 e. The van der Waals surface area contributed by atoms with E-state index in [1.54, 1.807) is 0 Å². The van der Waals surface area contributed by atoms with Crippen molar-refractivity contribution in [2.45, 2.75) is 31.8 Å². The summed E-state index contributed by atoms with van der Waals surface area (Å²) < 4.78 is 4.51. The van der Waals surface area contributed by atoms with E-state index in [-0.39, 0.29) is 12.4 Å². The van der Waals surface area contributed by atoms with Crippen molar-refractivity contribution in [3.8, 4) is 0 Å². The van der Waals surface area contributed by atoms with Crippen LogP contribution in [-0.4, -0.2) is 24.3 Å². The molecule has 0 saturated carbocycles. The smallest absolute Gasteiger partial charge is 0.309 e. The van der Waals surface area contributed by atoms with Gasteiger partial charge >= 0.3 is 5.97 Å². The van der Waals surface area contributed by atoms with Crippen LogP contribution in [0.4, 0.5) is 0 Å². The first-order valence-electron chi connectivity index (χ1n) is 4.18. The van der Waals surface area contributed by atoms with Crippen LogP contribution in [0.3, 0.4) is 0 Å². The molecule has 1 atom stereocenters. The third-order valence-electron chi connectivity index (χ3n) is 2.09. The molecular formula is C9H14O3. The molecule has 0 aromatic rings. The number of hydrogen-bond acceptors (Lipinski definition) is 3. The molecule has 0 aliphatic heterocycles. The monoisotopic (exact) mass is 170 g/mol. The van der Waals surface area contributed by atoms with Crippen LogP contribution < -0.4 is 0 Å². The van der Waals surface area contributed by atoms with Gasteiger partial charge in [-0.15, -0.1) is 0 Å². The Morgan fingerprint density at radius 2 is 2.58 bits per heavy atom. The Bertz CT molecular complexity index is 196. The van der Waals surface area contributed by atoms with Crippen molar-refractivity contribution in [3.63, 3.8) is 0 Å². The lowest BCUT2D eigenvalue weighted by atomic mass is 9.94. The van der Waals surface area contributed by atoms with Crippen molar-refractivity contribution >= 4 is 5.97 Å². The highest BCUT2D eigenvalue weighted by atomic mass is 16.5. The van der Waals surface area contributed by atoms with Crippen molar-refractivity contribution < 1.29 is 14.6 Å². The topological polar surface area (TPSA) is 46.5 Å². The van der Waals surface area contributed by atoms with E-state index in [0.717, 1.165) is 24.8 Å². The lowest BCUT2D eigenvalue weighted by Crippen LogP contribution is -2.17. The number of ether oxygens (including phenoxy) is 1. The molecule has 0 amide bonds. The minimum Gasteiger partial charge on any atom is -0.469 e. The number of carbonyl (C=O) groups is 1. The predicted octanol–water partition coefficient (Wildman–Crippen LogP) is 1.02. The Morgan fingerprint density at radius 3 is 3.17 bits per heavy atom. The molecule has 0 bridgehead atoms. The molecule has 0 saturated heterocycles. The number of rotatable bonds is 2. The Morgan fingerprint density at radius 1 is 1.83 bits per heavy atom. The molecule has 3 nitrogen and oxygen atoms in total. The fraction of sp³-hybridized carbons (Fsp3) is 0.667. The van der Waals surface area contributed by atoms with E-state index in [0.29, 0.717) is 0 Å². The summed E-state index contributed by atoms with van der Waals surface area (Å²) in [6.07, 6.45) is 4.47. The molecule has 12 heavy (non-hydrogen) atoms. The third-order valence-corrected chi connectivity index (χ3v) is 2.09. The summed E-state index contributed by atoms with van der Waals surface area (Å²) in [7, 11) is 1.36. The normalized spacial score (nSPS) is 23.2. The minimum atomic E-state index is -0.433. The number of aliphatic hydroxyl groups is 1. The van der Waals surface area contributed by atoms with Crippen molar-refractivity contribution in [1.82, 2.24) is 0 Å². The summed E-state index contributed by atoms with van der Waals surface area (Å²) in [6.45, 7) is 0. The molecule has 1 rings (SSSR count). The highest BCUT2D eigenvalue weighted by molar-refractivity contribution is 5.72. The molecule has 68 valence electrons. The van der Waals surface area contributed by atoms with Crippen LogP contribution in [-0.2, 0) is 9.53 Å². The summed E-state index contributed by atoms with van der Waals surface area (Å²) in [4.78, 5) is 10.9. The molecule has 1 aliphatic rings. The lowest BCUT2D eigenvalue weighted by molar-refractivity contribution is -0.140. The van der Waals surface area contributed by atoms with Crippen LogP contribution in [0.25, 0.3) is 0 Å². The lowest BCUT2D eigenvalue weighted by Gasteiger charge is -2.18. The number of esters is 1. The average Bonchev–Trinajstić information content (AvgIpc) is 2.09. The summed E-state index contributed by atoms with van der Waals surface area (Å²) >= 11 is 0. The Labute approximate surface area is 72.0 Å². The van der Waals surface area contributed by atoms with Gasteiger partial charge in [-0.25, -0.2) is 0 Å². The van der Waals surface area contributed by atoms with E-state index in [4.69, 9.17) is 0 Å². The molecule has 0 unspecified atom stereocenters. The first-order valence-corrected chi connectivity index (χ1v) is 4.18. The fourth-order valence-electron chi connectivity index (χ4n) is 1.35. The highest BCUT2D eigenvalue weighted by Gasteiger charge is 2.17. The summed E-state index contributed by atoms with van der Waals surface area (Å²) in [5.41, 5.74) is 0.813. The molecule has 1 aliphatic carbocycles. The molecule has 0 aromatic heterocycles. The van der Waals surface area contributed by atoms with Gasteiger partial charge in [-0.1, -0.05) is 6.08 Å². The molecule has 0 fully saturated rings. The fourth-order valence-corrected chi connectivity index (χ4v) is 1.35. The maximum absolute atomic E-state index is 10.9. The van der Waals surface area contributed by atoms with Gasteiger partial charge in [-0.2, -0.15) is 0 Å². The third kappa shape index (κ3) is 2.34. The zero-order valence-electron chi connectivity index (χ0n) is 7.25. The minimum absolute atomic E-state index is 0.234. The maximum Gasteiger partial charge on any atom is 0.309 e. The van der Waals surface area contributed by atoms with Gasteiger partial charge in [0.05, 0.1) is 19.6 Å². The van der Waals surface area contributed by atoms with Gasteiger partial charge in [0.15, 0.2) is 0 Å². The number of allylic oxidation sites excluding steroid dienone is 1. The van der Waals surface area contributed by atoms with Crippen LogP contribution in [0.5, 0.6) is 0 Å². The summed E-state index contributed by atoms with van der Waals surface area (Å²) in [5.74, 6) is -0.276. The number of carbonyl (C=O) groups excluding carboxylic acids is 1. The van der Waals surface area contributed by atoms with E-state index in [1.807, 2.05) is 6.08 Å². The Balaban J connectivity index is 2.49. The first-order chi connectivity index (χ1) is 5.74. The van der Waals surface area contributed by atoms with Crippen LogP contribution in [0.2, 0.25) is 0 Å². The van der Waals surface area contributed by atoms with Crippen LogP contribution in [0, 0.1) is 0 Å². The maximum atomic E-state index is 10.9. The molecule has 0 radical (unpaired) electrons. The zero-order chi connectivity index (χ0) is 8.97. The van der Waals surface area contributed by atoms with E-state index in [9.17, 15) is 9.90 Å². The van der Waals surface area contributed by atoms with Crippen molar-refractivity contribution in [1.29, 1.82) is 0 Å². The molecule has 1 N–H and O–H groups in total. The van der Waals surface area contributed by atoms with Crippen molar-refractivity contribution in [2.75, 3.05) is 7.11 Å². The number of methoxy groups -OCH3 is 1. The highest BCUT2D eigenvalue weighted by Crippen LogP contribution is 2.20. The van der Waals surface area contributed by atoms with Crippen LogP contribution in [0.1, 0.15) is 25.7 Å². The standard InChI is InChI=1S/C9H14O3/c1-12-9(11)6-7-4-2-3-5-8(7)10/h4,8,10H,2-3,5-6H2,1H3/t8-/m1/s1. The van der Waals surface area contributed by atoms with Gasteiger partial charge in [0, 0.05) is 0 Å². The average molecular weight is 170 g/mol. The van der Waals surface area contributed by atoms with Crippen LogP contribution >= 0.6 is 0 Å². The second-order valence-corrected chi connectivity index (χ2v) is 2.98. The van der Waals surface area contributed by atoms with Gasteiger partial charge in [-0.3, -0.25) is 4.79 Å². The molecule has 3 heteroatoms. The Kier molecular flexibility index (Phi) is 3.29. The second-order valence-electron chi connectivity index (χ2n) is 2.98. The van der Waals surface area contributed by atoms with Gasteiger partial charge < -0.3 is 9.84 Å². The van der Waals surface area contributed by atoms with Gasteiger partial charge in [-0.05, 0) is 24.8 Å². The van der Waals surface area contributed by atoms with E-state index >= 15 is 0 Å². The predicted molar refractivity (Wildman–Crippen MR) is 44.6 cm³/mol. The zero-order valence-corrected chi connectivity index (χ0v) is 7.25. The van der Waals surface area contributed by atoms with E-state index < -0.39 is 6.10 Å². The second kappa shape index (κ2) is 4.26. The van der Waals surface area contributed by atoms with E-state index in [2.05, 4.69) is 4.74 Å². The van der Waals surface area contributed by atoms with Crippen molar-refractivity contribution in [2.24, 2.45) is 0 Å². The van der Waals surface area contributed by atoms with Gasteiger partial charge in [0.1, 0.15) is 0 Å². The molecule has 0 heterocycles. The molecule has 0 spiro atoms. The SMILES string of the molecule is COC(=O)CC1=CCCC[C@H]1O. The van der Waals surface area contributed by atoms with Crippen LogP contribution in [0.15, 0.2) is 11.6 Å². The molecular weight excluding hydrogens is 156 g/mol. The number of aliphatic hydroxyl groups excluding tert-OH is 1. The van der Waals surface area contributed by atoms with Gasteiger partial charge in [0.2, 0.25) is 0 Å². The van der Waals surface area contributed by atoms with Gasteiger partial charge in [0.25, 0.3) is 0 Å².